The van der Waals surface area contributed by atoms with Crippen molar-refractivity contribution in [2.75, 3.05) is 0 Å². The zero-order valence-electron chi connectivity index (χ0n) is 15.5. The quantitative estimate of drug-likeness (QED) is 0.869. The lowest BCUT2D eigenvalue weighted by atomic mass is 9.87. The molecule has 0 spiro atoms. The van der Waals surface area contributed by atoms with Crippen molar-refractivity contribution in [3.8, 4) is 17.7 Å². The van der Waals surface area contributed by atoms with Crippen molar-refractivity contribution in [1.82, 2.24) is 9.78 Å². The van der Waals surface area contributed by atoms with Crippen LogP contribution in [-0.2, 0) is 19.9 Å². The minimum absolute atomic E-state index is 0.102. The molecule has 2 atom stereocenters. The van der Waals surface area contributed by atoms with Crippen LogP contribution in [0.3, 0.4) is 0 Å². The average Bonchev–Trinajstić information content (AvgIpc) is 3.13. The number of aliphatic hydroxyl groups excluding tert-OH is 1. The third-order valence-corrected chi connectivity index (χ3v) is 5.32. The molecule has 0 saturated heterocycles. The van der Waals surface area contributed by atoms with Crippen molar-refractivity contribution in [2.24, 2.45) is 7.05 Å². The Hall–Kier alpha value is -2.85. The van der Waals surface area contributed by atoms with Crippen LogP contribution in [-0.4, -0.2) is 26.6 Å². The predicted molar refractivity (Wildman–Crippen MR) is 96.7 cm³/mol. The normalized spacial score (nSPS) is 22.3. The van der Waals surface area contributed by atoms with E-state index in [4.69, 9.17) is 9.47 Å². The Morgan fingerprint density at radius 1 is 1.37 bits per heavy atom. The maximum atomic E-state index is 12.3. The summed E-state index contributed by atoms with van der Waals surface area (Å²) in [6.07, 6.45) is 0.574. The van der Waals surface area contributed by atoms with Gasteiger partial charge in [0.05, 0.1) is 11.6 Å². The van der Waals surface area contributed by atoms with Gasteiger partial charge in [-0.2, -0.15) is 5.26 Å². The summed E-state index contributed by atoms with van der Waals surface area (Å²) in [5.74, 6) is 0.926. The van der Waals surface area contributed by atoms with Gasteiger partial charge in [0.2, 0.25) is 5.88 Å². The fourth-order valence-corrected chi connectivity index (χ4v) is 3.81. The van der Waals surface area contributed by atoms with Gasteiger partial charge in [-0.3, -0.25) is 4.79 Å². The molecule has 0 fully saturated rings. The number of benzene rings is 1. The third kappa shape index (κ3) is 2.77. The van der Waals surface area contributed by atoms with E-state index in [9.17, 15) is 15.2 Å². The number of hydrogen-bond acceptors (Lipinski definition) is 6. The summed E-state index contributed by atoms with van der Waals surface area (Å²) in [5.41, 5.74) is 1.62. The van der Waals surface area contributed by atoms with Gasteiger partial charge in [-0.15, -0.1) is 5.10 Å². The highest BCUT2D eigenvalue weighted by Gasteiger charge is 2.45. The van der Waals surface area contributed by atoms with Gasteiger partial charge in [0, 0.05) is 23.7 Å². The largest absolute Gasteiger partial charge is 0.485 e. The van der Waals surface area contributed by atoms with Gasteiger partial charge in [0.15, 0.2) is 6.10 Å². The Balaban J connectivity index is 1.83. The summed E-state index contributed by atoms with van der Waals surface area (Å²) in [5, 5.41) is 24.4. The van der Waals surface area contributed by atoms with Gasteiger partial charge in [-0.1, -0.05) is 0 Å². The number of hydrogen-bond donors (Lipinski definition) is 1. The van der Waals surface area contributed by atoms with Crippen molar-refractivity contribution >= 4 is 0 Å². The fourth-order valence-electron chi connectivity index (χ4n) is 3.81. The second kappa shape index (κ2) is 6.10. The summed E-state index contributed by atoms with van der Waals surface area (Å²) >= 11 is 0. The van der Waals surface area contributed by atoms with E-state index >= 15 is 0 Å². The Labute approximate surface area is 156 Å². The van der Waals surface area contributed by atoms with Crippen molar-refractivity contribution < 1.29 is 14.6 Å². The first-order valence-electron chi connectivity index (χ1n) is 8.98. The second-order valence-corrected chi connectivity index (χ2v) is 7.60. The Kier molecular flexibility index (Phi) is 3.97. The molecule has 1 aromatic carbocycles. The van der Waals surface area contributed by atoms with Gasteiger partial charge in [0.25, 0.3) is 5.56 Å². The highest BCUT2D eigenvalue weighted by molar-refractivity contribution is 5.46. The third-order valence-electron chi connectivity index (χ3n) is 5.32. The van der Waals surface area contributed by atoms with E-state index in [-0.39, 0.29) is 5.56 Å². The summed E-state index contributed by atoms with van der Waals surface area (Å²) in [4.78, 5) is 12.3. The molecule has 1 aliphatic heterocycles. The number of rotatable bonds is 2. The number of nitriles is 1. The van der Waals surface area contributed by atoms with Crippen LogP contribution in [0.25, 0.3) is 0 Å². The Bertz CT molecular complexity index is 1020. The maximum absolute atomic E-state index is 12.3. The van der Waals surface area contributed by atoms with Crippen LogP contribution in [0, 0.1) is 11.3 Å². The zero-order chi connectivity index (χ0) is 19.3. The summed E-state index contributed by atoms with van der Waals surface area (Å²) in [6, 6.07) is 7.16. The van der Waals surface area contributed by atoms with E-state index in [1.807, 2.05) is 0 Å². The van der Waals surface area contributed by atoms with E-state index < -0.39 is 17.8 Å². The van der Waals surface area contributed by atoms with Crippen LogP contribution in [0.2, 0.25) is 0 Å². The topological polar surface area (TPSA) is 97.4 Å². The molecule has 7 nitrogen and oxygen atoms in total. The Morgan fingerprint density at radius 3 is 2.85 bits per heavy atom. The van der Waals surface area contributed by atoms with Crippen LogP contribution >= 0.6 is 0 Å². The first-order valence-corrected chi connectivity index (χ1v) is 8.98. The van der Waals surface area contributed by atoms with Gasteiger partial charge in [-0.25, -0.2) is 4.68 Å². The molecular formula is C20H21N3O4. The Morgan fingerprint density at radius 2 is 2.11 bits per heavy atom. The average molecular weight is 367 g/mol. The monoisotopic (exact) mass is 367 g/mol. The van der Waals surface area contributed by atoms with Gasteiger partial charge in [-0.05, 0) is 51.3 Å². The first kappa shape index (κ1) is 17.6. The molecule has 27 heavy (non-hydrogen) atoms. The number of ether oxygens (including phenoxy) is 2. The summed E-state index contributed by atoms with van der Waals surface area (Å²) in [7, 11) is 1.60. The highest BCUT2D eigenvalue weighted by Crippen LogP contribution is 2.43. The number of nitrogens with zero attached hydrogens (tertiary/aromatic N) is 3. The predicted octanol–water partition coefficient (Wildman–Crippen LogP) is 1.79. The van der Waals surface area contributed by atoms with Crippen LogP contribution < -0.4 is 15.0 Å². The van der Waals surface area contributed by atoms with Gasteiger partial charge < -0.3 is 14.6 Å². The van der Waals surface area contributed by atoms with Crippen molar-refractivity contribution in [3.05, 3.63) is 50.8 Å². The standard InChI is InChI=1S/C20H21N3O4/c1-20(2)17(24)16(14-9-11(10-21)7-8-15(14)27-20)26-18-12-5-4-6-13(12)19(25)23(3)22-18/h7-9,16-17,24H,4-6H2,1-3H3/t16-,17+/m1/s1. The number of aromatic nitrogens is 2. The molecule has 2 aliphatic rings. The van der Waals surface area contributed by atoms with Crippen LogP contribution in [0.4, 0.5) is 0 Å². The molecule has 0 amide bonds. The van der Waals surface area contributed by atoms with E-state index in [2.05, 4.69) is 11.2 Å². The molecule has 140 valence electrons. The molecule has 1 N–H and O–H groups in total. The van der Waals surface area contributed by atoms with Gasteiger partial charge >= 0.3 is 0 Å². The lowest BCUT2D eigenvalue weighted by molar-refractivity contribution is -0.104. The molecule has 2 heterocycles. The molecule has 2 aromatic rings. The summed E-state index contributed by atoms with van der Waals surface area (Å²) < 4.78 is 13.4. The van der Waals surface area contributed by atoms with E-state index in [0.717, 1.165) is 24.0 Å². The van der Waals surface area contributed by atoms with E-state index in [1.165, 1.54) is 4.68 Å². The molecule has 0 saturated carbocycles. The van der Waals surface area contributed by atoms with E-state index in [0.29, 0.717) is 29.2 Å². The highest BCUT2D eigenvalue weighted by atomic mass is 16.5. The van der Waals surface area contributed by atoms with Crippen LogP contribution in [0.15, 0.2) is 23.0 Å². The lowest BCUT2D eigenvalue weighted by Crippen LogP contribution is -2.50. The molecule has 0 bridgehead atoms. The number of aryl methyl sites for hydroxylation is 1. The zero-order valence-corrected chi connectivity index (χ0v) is 15.5. The number of aliphatic hydroxyl groups is 1. The minimum Gasteiger partial charge on any atom is -0.485 e. The van der Waals surface area contributed by atoms with E-state index in [1.54, 1.807) is 39.1 Å². The van der Waals surface area contributed by atoms with Gasteiger partial charge in [0.1, 0.15) is 17.5 Å². The second-order valence-electron chi connectivity index (χ2n) is 7.60. The first-order chi connectivity index (χ1) is 12.8. The van der Waals surface area contributed by atoms with Crippen LogP contribution in [0.1, 0.15) is 48.6 Å². The lowest BCUT2D eigenvalue weighted by Gasteiger charge is -2.41. The molecule has 0 unspecified atom stereocenters. The minimum atomic E-state index is -0.977. The molecule has 7 heteroatoms. The SMILES string of the molecule is Cn1nc(O[C@@H]2c3cc(C#N)ccc3OC(C)(C)[C@H]2O)c2c(c1=O)CCC2. The molecule has 1 aromatic heterocycles. The molecule has 4 rings (SSSR count). The fraction of sp³-hybridized carbons (Fsp3) is 0.450. The van der Waals surface area contributed by atoms with Crippen molar-refractivity contribution in [1.29, 1.82) is 5.26 Å². The van der Waals surface area contributed by atoms with Crippen molar-refractivity contribution in [3.63, 3.8) is 0 Å². The number of fused-ring (bicyclic) bond motifs is 2. The smallest absolute Gasteiger partial charge is 0.270 e. The maximum Gasteiger partial charge on any atom is 0.270 e. The molecular weight excluding hydrogens is 346 g/mol. The van der Waals surface area contributed by atoms with Crippen molar-refractivity contribution in [2.45, 2.75) is 50.9 Å². The summed E-state index contributed by atoms with van der Waals surface area (Å²) in [6.45, 7) is 3.57. The molecule has 1 aliphatic carbocycles. The van der Waals surface area contributed by atoms with Crippen LogP contribution in [0.5, 0.6) is 11.6 Å². The molecule has 0 radical (unpaired) electrons.